The number of carbonyl (C=O) groups is 1. The van der Waals surface area contributed by atoms with E-state index in [1.807, 2.05) is 0 Å². The Labute approximate surface area is 184 Å². The van der Waals surface area contributed by atoms with E-state index in [1.54, 1.807) is 0 Å². The van der Waals surface area contributed by atoms with Gasteiger partial charge >= 0.3 is 5.97 Å². The van der Waals surface area contributed by atoms with E-state index in [2.05, 4.69) is 41.5 Å². The number of aliphatic hydroxyl groups is 2. The quantitative estimate of drug-likeness (QED) is 0.598. The fourth-order valence-electron chi connectivity index (χ4n) is 6.74. The van der Waals surface area contributed by atoms with Crippen LogP contribution in [0, 0.1) is 46.3 Å². The van der Waals surface area contributed by atoms with Crippen LogP contribution in [0.4, 0.5) is 0 Å². The molecular weight excluding hydrogens is 376 g/mol. The first-order valence-corrected chi connectivity index (χ1v) is 12.4. The maximum absolute atomic E-state index is 12.4. The average Bonchev–Trinajstić information content (AvgIpc) is 2.65. The van der Waals surface area contributed by atoms with Gasteiger partial charge < -0.3 is 14.9 Å². The Morgan fingerprint density at radius 3 is 2.37 bits per heavy atom. The lowest BCUT2D eigenvalue weighted by Crippen LogP contribution is -2.47. The Bertz CT molecular complexity index is 592. The smallest absolute Gasteiger partial charge is 0.306 e. The standard InChI is InChI=1S/C26H46O4/c1-16-7-8-18-11-17(15-27)12-22(28)24(18)21(16)10-9-20-13-19(14-23(29)30-20)26(5,6)25(2,3)4/h16-22,24,27-28H,7-15H2,1-6H3/t16-,17?,18?,19+,20?,21-,22?,24?/m0/s1. The first-order valence-electron chi connectivity index (χ1n) is 12.4. The molecule has 0 aromatic rings. The molecule has 2 aliphatic carbocycles. The SMILES string of the molecule is C[C@H]1CCC2CC(CO)CC(O)C2[C@H]1CCC1C[C@@H](C(C)(C)C(C)(C)C)CC(=O)O1. The van der Waals surface area contributed by atoms with Crippen LogP contribution in [0.2, 0.25) is 0 Å². The summed E-state index contributed by atoms with van der Waals surface area (Å²) in [7, 11) is 0. The van der Waals surface area contributed by atoms with Crippen LogP contribution in [0.25, 0.3) is 0 Å². The maximum atomic E-state index is 12.4. The monoisotopic (exact) mass is 422 g/mol. The molecule has 4 nitrogen and oxygen atoms in total. The predicted octanol–water partition coefficient (Wildman–Crippen LogP) is 5.20. The van der Waals surface area contributed by atoms with Gasteiger partial charge in [-0.15, -0.1) is 0 Å². The van der Waals surface area contributed by atoms with E-state index < -0.39 is 0 Å². The minimum Gasteiger partial charge on any atom is -0.462 e. The Morgan fingerprint density at radius 2 is 1.73 bits per heavy atom. The van der Waals surface area contributed by atoms with Gasteiger partial charge in [0.25, 0.3) is 0 Å². The summed E-state index contributed by atoms with van der Waals surface area (Å²) >= 11 is 0. The van der Waals surface area contributed by atoms with Crippen molar-refractivity contribution in [3.05, 3.63) is 0 Å². The highest BCUT2D eigenvalue weighted by Gasteiger charge is 2.47. The minimum absolute atomic E-state index is 0.0105. The van der Waals surface area contributed by atoms with Crippen molar-refractivity contribution in [3.63, 3.8) is 0 Å². The third-order valence-electron chi connectivity index (χ3n) is 9.71. The Kier molecular flexibility index (Phi) is 7.29. The van der Waals surface area contributed by atoms with Gasteiger partial charge in [-0.25, -0.2) is 0 Å². The van der Waals surface area contributed by atoms with Gasteiger partial charge in [-0.3, -0.25) is 4.79 Å². The molecule has 8 atom stereocenters. The van der Waals surface area contributed by atoms with Crippen LogP contribution in [0.3, 0.4) is 0 Å². The molecule has 0 spiro atoms. The molecule has 0 amide bonds. The summed E-state index contributed by atoms with van der Waals surface area (Å²) in [4.78, 5) is 12.4. The number of cyclic esters (lactones) is 1. The van der Waals surface area contributed by atoms with E-state index in [4.69, 9.17) is 4.74 Å². The molecular formula is C26H46O4. The fraction of sp³-hybridized carbons (Fsp3) is 0.962. The highest BCUT2D eigenvalue weighted by molar-refractivity contribution is 5.70. The Hall–Kier alpha value is -0.610. The van der Waals surface area contributed by atoms with E-state index in [9.17, 15) is 15.0 Å². The van der Waals surface area contributed by atoms with Crippen molar-refractivity contribution in [2.75, 3.05) is 6.61 Å². The zero-order chi connectivity index (χ0) is 22.3. The normalized spacial score (nSPS) is 40.6. The summed E-state index contributed by atoms with van der Waals surface area (Å²) < 4.78 is 5.81. The number of carbonyl (C=O) groups excluding carboxylic acids is 1. The van der Waals surface area contributed by atoms with E-state index in [0.29, 0.717) is 36.0 Å². The third-order valence-corrected chi connectivity index (χ3v) is 9.71. The molecule has 30 heavy (non-hydrogen) atoms. The highest BCUT2D eigenvalue weighted by atomic mass is 16.5. The van der Waals surface area contributed by atoms with E-state index in [0.717, 1.165) is 32.1 Å². The van der Waals surface area contributed by atoms with Gasteiger partial charge in [0, 0.05) is 13.0 Å². The van der Waals surface area contributed by atoms with Crippen molar-refractivity contribution < 1.29 is 19.7 Å². The number of aliphatic hydroxyl groups excluding tert-OH is 2. The van der Waals surface area contributed by atoms with Gasteiger partial charge in [-0.05, 0) is 84.9 Å². The fourth-order valence-corrected chi connectivity index (χ4v) is 6.74. The van der Waals surface area contributed by atoms with Crippen LogP contribution < -0.4 is 0 Å². The molecule has 4 heteroatoms. The first kappa shape index (κ1) is 24.0. The lowest BCUT2D eigenvalue weighted by atomic mass is 9.57. The Balaban J connectivity index is 1.65. The van der Waals surface area contributed by atoms with Gasteiger partial charge in [0.1, 0.15) is 6.10 Å². The molecule has 3 aliphatic rings. The van der Waals surface area contributed by atoms with Crippen molar-refractivity contribution in [3.8, 4) is 0 Å². The van der Waals surface area contributed by atoms with Crippen LogP contribution in [-0.4, -0.2) is 35.0 Å². The molecule has 3 rings (SSSR count). The molecule has 5 unspecified atom stereocenters. The predicted molar refractivity (Wildman–Crippen MR) is 120 cm³/mol. The van der Waals surface area contributed by atoms with Gasteiger partial charge in [-0.1, -0.05) is 48.0 Å². The van der Waals surface area contributed by atoms with Crippen LogP contribution in [0.15, 0.2) is 0 Å². The van der Waals surface area contributed by atoms with Crippen LogP contribution >= 0.6 is 0 Å². The van der Waals surface area contributed by atoms with E-state index in [1.165, 1.54) is 12.8 Å². The molecule has 0 aromatic carbocycles. The molecule has 1 heterocycles. The van der Waals surface area contributed by atoms with Crippen LogP contribution in [-0.2, 0) is 9.53 Å². The number of rotatable bonds is 5. The lowest BCUT2D eigenvalue weighted by molar-refractivity contribution is -0.163. The van der Waals surface area contributed by atoms with Crippen LogP contribution in [0.1, 0.15) is 92.9 Å². The zero-order valence-corrected chi connectivity index (χ0v) is 20.2. The minimum atomic E-state index is -0.296. The van der Waals surface area contributed by atoms with Crippen molar-refractivity contribution in [2.45, 2.75) is 105 Å². The summed E-state index contributed by atoms with van der Waals surface area (Å²) in [6.45, 7) is 14.0. The largest absolute Gasteiger partial charge is 0.462 e. The second-order valence-corrected chi connectivity index (χ2v) is 12.4. The number of ether oxygens (including phenoxy) is 1. The molecule has 174 valence electrons. The number of hydrogen-bond acceptors (Lipinski definition) is 4. The van der Waals surface area contributed by atoms with Crippen molar-refractivity contribution >= 4 is 5.97 Å². The average molecular weight is 423 g/mol. The third kappa shape index (κ3) is 4.90. The number of hydrogen-bond donors (Lipinski definition) is 2. The van der Waals surface area contributed by atoms with Gasteiger partial charge in [-0.2, -0.15) is 0 Å². The molecule has 3 fully saturated rings. The molecule has 0 radical (unpaired) electrons. The maximum Gasteiger partial charge on any atom is 0.306 e. The van der Waals surface area contributed by atoms with Crippen molar-refractivity contribution in [1.29, 1.82) is 0 Å². The summed E-state index contributed by atoms with van der Waals surface area (Å²) in [5, 5.41) is 20.5. The summed E-state index contributed by atoms with van der Waals surface area (Å²) in [6, 6.07) is 0. The summed E-state index contributed by atoms with van der Waals surface area (Å²) in [6.07, 6.45) is 7.33. The molecule has 2 saturated carbocycles. The summed E-state index contributed by atoms with van der Waals surface area (Å²) in [5.41, 5.74) is 0.215. The van der Waals surface area contributed by atoms with E-state index >= 15 is 0 Å². The van der Waals surface area contributed by atoms with Crippen molar-refractivity contribution in [1.82, 2.24) is 0 Å². The second kappa shape index (κ2) is 9.10. The first-order chi connectivity index (χ1) is 13.9. The van der Waals surface area contributed by atoms with Gasteiger partial charge in [0.05, 0.1) is 6.10 Å². The van der Waals surface area contributed by atoms with Gasteiger partial charge in [0.15, 0.2) is 0 Å². The summed E-state index contributed by atoms with van der Waals surface area (Å²) in [5.74, 6) is 2.56. The topological polar surface area (TPSA) is 66.8 Å². The van der Waals surface area contributed by atoms with E-state index in [-0.39, 0.29) is 41.5 Å². The lowest BCUT2D eigenvalue weighted by Gasteiger charge is -2.50. The molecule has 0 bridgehead atoms. The van der Waals surface area contributed by atoms with Gasteiger partial charge in [0.2, 0.25) is 0 Å². The number of esters is 1. The number of fused-ring (bicyclic) bond motifs is 1. The molecule has 1 aliphatic heterocycles. The highest BCUT2D eigenvalue weighted by Crippen LogP contribution is 2.51. The molecule has 2 N–H and O–H groups in total. The second-order valence-electron chi connectivity index (χ2n) is 12.4. The Morgan fingerprint density at radius 1 is 1.03 bits per heavy atom. The van der Waals surface area contributed by atoms with Crippen LogP contribution in [0.5, 0.6) is 0 Å². The molecule has 1 saturated heterocycles. The zero-order valence-electron chi connectivity index (χ0n) is 20.2. The molecule has 0 aromatic heterocycles. The van der Waals surface area contributed by atoms with Crippen molar-refractivity contribution in [2.24, 2.45) is 46.3 Å².